The molecule has 0 bridgehead atoms. The van der Waals surface area contributed by atoms with Crippen molar-refractivity contribution in [1.29, 1.82) is 0 Å². The van der Waals surface area contributed by atoms with Crippen LogP contribution in [0.1, 0.15) is 5.56 Å². The van der Waals surface area contributed by atoms with Gasteiger partial charge in [0.2, 0.25) is 0 Å². The van der Waals surface area contributed by atoms with Gasteiger partial charge in [0.25, 0.3) is 0 Å². The highest BCUT2D eigenvalue weighted by Crippen LogP contribution is 2.34. The normalized spacial score (nSPS) is 11.9. The van der Waals surface area contributed by atoms with Crippen molar-refractivity contribution >= 4 is 10.9 Å². The van der Waals surface area contributed by atoms with Crippen LogP contribution in [0.5, 0.6) is 0 Å². The lowest BCUT2D eigenvalue weighted by atomic mass is 10.0. The van der Waals surface area contributed by atoms with E-state index in [-0.39, 0.29) is 0 Å². The summed E-state index contributed by atoms with van der Waals surface area (Å²) < 4.78 is 37.9. The van der Waals surface area contributed by atoms with E-state index in [1.165, 1.54) is 6.07 Å². The van der Waals surface area contributed by atoms with Gasteiger partial charge in [-0.3, -0.25) is 0 Å². The summed E-state index contributed by atoms with van der Waals surface area (Å²) >= 11 is 0. The molecule has 1 nitrogen and oxygen atoms in total. The fraction of sp³-hybridized carbons (Fsp3) is 0.0667. The molecule has 3 rings (SSSR count). The van der Waals surface area contributed by atoms with Gasteiger partial charge in [0.1, 0.15) is 0 Å². The summed E-state index contributed by atoms with van der Waals surface area (Å²) in [5.74, 6) is 0. The predicted molar refractivity (Wildman–Crippen MR) is 68.7 cm³/mol. The maximum Gasteiger partial charge on any atom is 0.416 e. The van der Waals surface area contributed by atoms with E-state index in [4.69, 9.17) is 0 Å². The highest BCUT2D eigenvalue weighted by atomic mass is 19.4. The molecule has 1 heterocycles. The molecule has 1 aromatic heterocycles. The van der Waals surface area contributed by atoms with E-state index < -0.39 is 11.7 Å². The van der Waals surface area contributed by atoms with Gasteiger partial charge in [-0.1, -0.05) is 36.4 Å². The van der Waals surface area contributed by atoms with Gasteiger partial charge in [-0.25, -0.2) is 0 Å². The van der Waals surface area contributed by atoms with Crippen LogP contribution in [0, 0.1) is 0 Å². The lowest BCUT2D eigenvalue weighted by Crippen LogP contribution is -2.04. The first-order valence-electron chi connectivity index (χ1n) is 5.79. The molecule has 3 aromatic rings. The maximum atomic E-state index is 12.6. The number of rotatable bonds is 1. The molecule has 0 fully saturated rings. The zero-order valence-corrected chi connectivity index (χ0v) is 9.83. The first-order chi connectivity index (χ1) is 9.05. The largest absolute Gasteiger partial charge is 0.416 e. The minimum Gasteiger partial charge on any atom is -0.361 e. The van der Waals surface area contributed by atoms with E-state index in [1.807, 2.05) is 30.3 Å². The Hall–Kier alpha value is -2.23. The molecule has 0 amide bonds. The monoisotopic (exact) mass is 261 g/mol. The molecule has 2 aromatic carbocycles. The summed E-state index contributed by atoms with van der Waals surface area (Å²) in [6.45, 7) is 0. The van der Waals surface area contributed by atoms with Gasteiger partial charge in [-0.2, -0.15) is 13.2 Å². The van der Waals surface area contributed by atoms with Crippen molar-refractivity contribution in [3.8, 4) is 11.1 Å². The summed E-state index contributed by atoms with van der Waals surface area (Å²) in [5.41, 5.74) is 1.74. The number of nitrogens with one attached hydrogen (secondary N) is 1. The lowest BCUT2D eigenvalue weighted by molar-refractivity contribution is -0.137. The number of hydrogen-bond donors (Lipinski definition) is 1. The Balaban J connectivity index is 2.16. The van der Waals surface area contributed by atoms with Crippen LogP contribution in [0.4, 0.5) is 13.2 Å². The average molecular weight is 261 g/mol. The lowest BCUT2D eigenvalue weighted by Gasteiger charge is -2.06. The molecular weight excluding hydrogens is 251 g/mol. The zero-order chi connectivity index (χ0) is 13.5. The third kappa shape index (κ3) is 2.10. The number of halogens is 3. The van der Waals surface area contributed by atoms with E-state index in [1.54, 1.807) is 6.20 Å². The molecule has 0 atom stereocenters. The molecule has 0 spiro atoms. The van der Waals surface area contributed by atoms with Crippen molar-refractivity contribution < 1.29 is 13.2 Å². The fourth-order valence-electron chi connectivity index (χ4n) is 2.16. The number of H-pyrrole nitrogens is 1. The number of aromatic nitrogens is 1. The second kappa shape index (κ2) is 4.16. The van der Waals surface area contributed by atoms with Crippen LogP contribution in [0.25, 0.3) is 22.0 Å². The first-order valence-corrected chi connectivity index (χ1v) is 5.79. The molecule has 0 aliphatic heterocycles. The van der Waals surface area contributed by atoms with E-state index >= 15 is 0 Å². The molecule has 1 N–H and O–H groups in total. The number of benzene rings is 2. The van der Waals surface area contributed by atoms with E-state index in [0.717, 1.165) is 28.6 Å². The number of aromatic amines is 1. The van der Waals surface area contributed by atoms with Gasteiger partial charge in [0, 0.05) is 22.7 Å². The van der Waals surface area contributed by atoms with Crippen LogP contribution in [-0.4, -0.2) is 4.98 Å². The van der Waals surface area contributed by atoms with Crippen LogP contribution in [0.15, 0.2) is 54.7 Å². The summed E-state index contributed by atoms with van der Waals surface area (Å²) in [6.07, 6.45) is -2.58. The van der Waals surface area contributed by atoms with Crippen molar-refractivity contribution in [2.24, 2.45) is 0 Å². The predicted octanol–water partition coefficient (Wildman–Crippen LogP) is 4.85. The number of hydrogen-bond acceptors (Lipinski definition) is 0. The van der Waals surface area contributed by atoms with E-state index in [0.29, 0.717) is 5.52 Å². The average Bonchev–Trinajstić information content (AvgIpc) is 2.81. The van der Waals surface area contributed by atoms with Crippen molar-refractivity contribution in [2.75, 3.05) is 0 Å². The molecule has 0 aliphatic rings. The van der Waals surface area contributed by atoms with Crippen LogP contribution in [-0.2, 0) is 6.18 Å². The third-order valence-electron chi connectivity index (χ3n) is 3.09. The quantitative estimate of drug-likeness (QED) is 0.644. The summed E-state index contributed by atoms with van der Waals surface area (Å²) in [7, 11) is 0. The molecule has 0 aliphatic carbocycles. The smallest absolute Gasteiger partial charge is 0.361 e. The van der Waals surface area contributed by atoms with Crippen LogP contribution in [0.2, 0.25) is 0 Å². The minimum absolute atomic E-state index is 0.494. The Morgan fingerprint density at radius 2 is 1.63 bits per heavy atom. The highest BCUT2D eigenvalue weighted by molar-refractivity contribution is 5.95. The molecule has 0 radical (unpaired) electrons. The van der Waals surface area contributed by atoms with Crippen molar-refractivity contribution in [1.82, 2.24) is 4.98 Å². The minimum atomic E-state index is -4.31. The van der Waals surface area contributed by atoms with Crippen LogP contribution >= 0.6 is 0 Å². The van der Waals surface area contributed by atoms with E-state index in [9.17, 15) is 13.2 Å². The standard InChI is InChI=1S/C15H10F3N/c16-15(17,18)11-6-7-12-13(9-19-14(12)8-11)10-4-2-1-3-5-10/h1-9,19H. The maximum absolute atomic E-state index is 12.6. The highest BCUT2D eigenvalue weighted by Gasteiger charge is 2.30. The fourth-order valence-corrected chi connectivity index (χ4v) is 2.16. The Bertz CT molecular complexity index is 711. The third-order valence-corrected chi connectivity index (χ3v) is 3.09. The molecular formula is C15H10F3N. The number of alkyl halides is 3. The van der Waals surface area contributed by atoms with Gasteiger partial charge < -0.3 is 4.98 Å². The second-order valence-corrected chi connectivity index (χ2v) is 4.33. The zero-order valence-electron chi connectivity index (χ0n) is 9.83. The SMILES string of the molecule is FC(F)(F)c1ccc2c(-c3ccccc3)c[nH]c2c1. The molecule has 19 heavy (non-hydrogen) atoms. The van der Waals surface area contributed by atoms with Gasteiger partial charge in [-0.15, -0.1) is 0 Å². The molecule has 0 saturated carbocycles. The summed E-state index contributed by atoms with van der Waals surface area (Å²) in [5, 5.41) is 0.791. The Morgan fingerprint density at radius 3 is 2.32 bits per heavy atom. The number of fused-ring (bicyclic) bond motifs is 1. The summed E-state index contributed by atoms with van der Waals surface area (Å²) in [4.78, 5) is 2.90. The van der Waals surface area contributed by atoms with Gasteiger partial charge in [-0.05, 0) is 17.7 Å². The Kier molecular flexibility index (Phi) is 2.59. The molecule has 4 heteroatoms. The topological polar surface area (TPSA) is 15.8 Å². The van der Waals surface area contributed by atoms with Gasteiger partial charge >= 0.3 is 6.18 Å². The molecule has 96 valence electrons. The second-order valence-electron chi connectivity index (χ2n) is 4.33. The van der Waals surface area contributed by atoms with Crippen LogP contribution in [0.3, 0.4) is 0 Å². The molecule has 0 saturated heterocycles. The van der Waals surface area contributed by atoms with Gasteiger partial charge in [0.05, 0.1) is 5.56 Å². The van der Waals surface area contributed by atoms with Crippen LogP contribution < -0.4 is 0 Å². The Labute approximate surface area is 107 Å². The van der Waals surface area contributed by atoms with E-state index in [2.05, 4.69) is 4.98 Å². The first kappa shape index (κ1) is 11.8. The van der Waals surface area contributed by atoms with Gasteiger partial charge in [0.15, 0.2) is 0 Å². The molecule has 0 unspecified atom stereocenters. The van der Waals surface area contributed by atoms with Crippen molar-refractivity contribution in [3.63, 3.8) is 0 Å². The Morgan fingerprint density at radius 1 is 0.895 bits per heavy atom. The van der Waals surface area contributed by atoms with Crippen molar-refractivity contribution in [2.45, 2.75) is 6.18 Å². The van der Waals surface area contributed by atoms with Crippen molar-refractivity contribution in [3.05, 3.63) is 60.3 Å². The summed E-state index contributed by atoms with van der Waals surface area (Å²) in [6, 6.07) is 13.3.